The Morgan fingerprint density at radius 2 is 1.55 bits per heavy atom. The zero-order chi connectivity index (χ0) is 21.2. The first kappa shape index (κ1) is 21.9. The fraction of sp³-hybridized carbons (Fsp3) is 0.318. The number of carbonyl (C=O) groups excluding carboxylic acids is 3. The predicted molar refractivity (Wildman–Crippen MR) is 112 cm³/mol. The third kappa shape index (κ3) is 7.29. The monoisotopic (exact) mass is 397 g/mol. The van der Waals surface area contributed by atoms with E-state index in [4.69, 9.17) is 4.74 Å². The lowest BCUT2D eigenvalue weighted by Crippen LogP contribution is -2.40. The summed E-state index contributed by atoms with van der Waals surface area (Å²) >= 11 is 0. The Hall–Kier alpha value is -3.35. The topological polar surface area (TPSA) is 96.5 Å². The summed E-state index contributed by atoms with van der Waals surface area (Å²) in [6, 6.07) is 14.2. The van der Waals surface area contributed by atoms with Crippen molar-refractivity contribution in [2.45, 2.75) is 33.3 Å². The maximum Gasteiger partial charge on any atom is 0.251 e. The molecule has 0 spiro atoms. The van der Waals surface area contributed by atoms with E-state index in [9.17, 15) is 14.4 Å². The van der Waals surface area contributed by atoms with E-state index >= 15 is 0 Å². The second kappa shape index (κ2) is 10.8. The Morgan fingerprint density at radius 1 is 0.897 bits per heavy atom. The molecule has 0 aliphatic carbocycles. The number of carbonyl (C=O) groups is 3. The molecule has 0 radical (unpaired) electrons. The Balaban J connectivity index is 1.75. The van der Waals surface area contributed by atoms with Gasteiger partial charge in [0.15, 0.2) is 0 Å². The number of anilines is 1. The van der Waals surface area contributed by atoms with Gasteiger partial charge in [0.2, 0.25) is 11.8 Å². The first-order valence-corrected chi connectivity index (χ1v) is 9.58. The minimum absolute atomic E-state index is 0.0472. The standard InChI is InChI=1S/C22H27N3O4/c1-4-16-7-5-6-8-19(16)25-21(27)14-23-20(26)13-24-22(28)17-9-11-18(12-10-17)29-15(2)3/h5-12,15H,4,13-14H2,1-3H3,(H,23,26)(H,24,28)(H,25,27). The third-order valence-electron chi connectivity index (χ3n) is 4.02. The highest BCUT2D eigenvalue weighted by Gasteiger charge is 2.11. The van der Waals surface area contributed by atoms with E-state index in [-0.39, 0.29) is 31.0 Å². The van der Waals surface area contributed by atoms with Crippen molar-refractivity contribution in [3.63, 3.8) is 0 Å². The van der Waals surface area contributed by atoms with Crippen LogP contribution in [0.3, 0.4) is 0 Å². The van der Waals surface area contributed by atoms with E-state index in [1.54, 1.807) is 24.3 Å². The fourth-order valence-electron chi connectivity index (χ4n) is 2.61. The predicted octanol–water partition coefficient (Wildman–Crippen LogP) is 2.52. The lowest BCUT2D eigenvalue weighted by Gasteiger charge is -2.11. The molecule has 0 unspecified atom stereocenters. The van der Waals surface area contributed by atoms with Crippen LogP contribution < -0.4 is 20.7 Å². The number of aryl methyl sites for hydroxylation is 1. The number of rotatable bonds is 9. The molecule has 0 fully saturated rings. The van der Waals surface area contributed by atoms with Gasteiger partial charge in [0, 0.05) is 11.3 Å². The van der Waals surface area contributed by atoms with E-state index in [2.05, 4.69) is 16.0 Å². The van der Waals surface area contributed by atoms with Gasteiger partial charge < -0.3 is 20.7 Å². The summed E-state index contributed by atoms with van der Waals surface area (Å²) in [6.45, 7) is 5.44. The van der Waals surface area contributed by atoms with Gasteiger partial charge in [0.25, 0.3) is 5.91 Å². The Bertz CT molecular complexity index is 847. The maximum atomic E-state index is 12.1. The van der Waals surface area contributed by atoms with Gasteiger partial charge in [-0.2, -0.15) is 0 Å². The van der Waals surface area contributed by atoms with Crippen molar-refractivity contribution in [3.05, 3.63) is 59.7 Å². The molecule has 0 aromatic heterocycles. The van der Waals surface area contributed by atoms with Crippen LogP contribution in [0.5, 0.6) is 5.75 Å². The molecule has 0 aliphatic heterocycles. The molecule has 3 amide bonds. The molecule has 29 heavy (non-hydrogen) atoms. The van der Waals surface area contributed by atoms with Gasteiger partial charge >= 0.3 is 0 Å². The molecule has 0 saturated carbocycles. The lowest BCUT2D eigenvalue weighted by molar-refractivity contribution is -0.123. The first-order chi connectivity index (χ1) is 13.9. The number of nitrogens with one attached hydrogen (secondary N) is 3. The van der Waals surface area contributed by atoms with Crippen LogP contribution in [0.25, 0.3) is 0 Å². The molecular formula is C22H27N3O4. The van der Waals surface area contributed by atoms with Crippen LogP contribution in [0, 0.1) is 0 Å². The van der Waals surface area contributed by atoms with Crippen molar-refractivity contribution in [2.24, 2.45) is 0 Å². The Morgan fingerprint density at radius 3 is 2.21 bits per heavy atom. The average molecular weight is 397 g/mol. The molecule has 0 heterocycles. The Labute approximate surface area is 170 Å². The molecule has 2 rings (SSSR count). The highest BCUT2D eigenvalue weighted by molar-refractivity contribution is 5.98. The van der Waals surface area contributed by atoms with E-state index in [0.717, 1.165) is 17.7 Å². The van der Waals surface area contributed by atoms with Gasteiger partial charge in [-0.1, -0.05) is 25.1 Å². The number of ether oxygens (including phenoxy) is 1. The molecule has 0 aliphatic rings. The van der Waals surface area contributed by atoms with Gasteiger partial charge in [-0.3, -0.25) is 14.4 Å². The van der Waals surface area contributed by atoms with E-state index in [1.807, 2.05) is 45.0 Å². The third-order valence-corrected chi connectivity index (χ3v) is 4.02. The smallest absolute Gasteiger partial charge is 0.251 e. The van der Waals surface area contributed by atoms with Crippen molar-refractivity contribution < 1.29 is 19.1 Å². The van der Waals surface area contributed by atoms with E-state index in [1.165, 1.54) is 0 Å². The van der Waals surface area contributed by atoms with Crippen molar-refractivity contribution in [3.8, 4) is 5.75 Å². The summed E-state index contributed by atoms with van der Waals surface area (Å²) in [7, 11) is 0. The summed E-state index contributed by atoms with van der Waals surface area (Å²) in [5.74, 6) is -0.481. The highest BCUT2D eigenvalue weighted by atomic mass is 16.5. The van der Waals surface area contributed by atoms with Gasteiger partial charge in [0.1, 0.15) is 5.75 Å². The molecule has 154 valence electrons. The zero-order valence-corrected chi connectivity index (χ0v) is 17.0. The van der Waals surface area contributed by atoms with Crippen LogP contribution in [0.15, 0.2) is 48.5 Å². The molecule has 7 heteroatoms. The van der Waals surface area contributed by atoms with Gasteiger partial charge in [0.05, 0.1) is 19.2 Å². The van der Waals surface area contributed by atoms with Crippen LogP contribution in [0.2, 0.25) is 0 Å². The molecule has 2 aromatic carbocycles. The first-order valence-electron chi connectivity index (χ1n) is 9.58. The van der Waals surface area contributed by atoms with Gasteiger partial charge in [-0.05, 0) is 56.2 Å². The number of hydrogen-bond donors (Lipinski definition) is 3. The molecule has 7 nitrogen and oxygen atoms in total. The van der Waals surface area contributed by atoms with Gasteiger partial charge in [-0.15, -0.1) is 0 Å². The summed E-state index contributed by atoms with van der Waals surface area (Å²) < 4.78 is 5.52. The van der Waals surface area contributed by atoms with Crippen molar-refractivity contribution >= 4 is 23.4 Å². The van der Waals surface area contributed by atoms with Crippen LogP contribution in [-0.4, -0.2) is 36.9 Å². The van der Waals surface area contributed by atoms with Crippen molar-refractivity contribution in [1.29, 1.82) is 0 Å². The van der Waals surface area contributed by atoms with E-state index < -0.39 is 5.91 Å². The minimum atomic E-state index is -0.447. The largest absolute Gasteiger partial charge is 0.491 e. The normalized spacial score (nSPS) is 10.3. The van der Waals surface area contributed by atoms with Crippen LogP contribution >= 0.6 is 0 Å². The van der Waals surface area contributed by atoms with Crippen LogP contribution in [0.4, 0.5) is 5.69 Å². The van der Waals surface area contributed by atoms with Crippen molar-refractivity contribution in [2.75, 3.05) is 18.4 Å². The maximum absolute atomic E-state index is 12.1. The summed E-state index contributed by atoms with van der Waals surface area (Å²) in [5, 5.41) is 7.79. The van der Waals surface area contributed by atoms with Crippen LogP contribution in [-0.2, 0) is 16.0 Å². The lowest BCUT2D eigenvalue weighted by atomic mass is 10.1. The average Bonchev–Trinajstić information content (AvgIpc) is 2.71. The molecule has 2 aromatic rings. The molecule has 0 saturated heterocycles. The van der Waals surface area contributed by atoms with Gasteiger partial charge in [-0.25, -0.2) is 0 Å². The quantitative estimate of drug-likeness (QED) is 0.606. The summed E-state index contributed by atoms with van der Waals surface area (Å²) in [5.41, 5.74) is 2.17. The highest BCUT2D eigenvalue weighted by Crippen LogP contribution is 2.15. The Kier molecular flexibility index (Phi) is 8.21. The molecule has 0 bridgehead atoms. The number of benzene rings is 2. The molecule has 3 N–H and O–H groups in total. The number of amides is 3. The second-order valence-electron chi connectivity index (χ2n) is 6.71. The van der Waals surface area contributed by atoms with E-state index in [0.29, 0.717) is 11.3 Å². The molecular weight excluding hydrogens is 370 g/mol. The second-order valence-corrected chi connectivity index (χ2v) is 6.71. The van der Waals surface area contributed by atoms with Crippen molar-refractivity contribution in [1.82, 2.24) is 10.6 Å². The minimum Gasteiger partial charge on any atom is -0.491 e. The fourth-order valence-corrected chi connectivity index (χ4v) is 2.61. The summed E-state index contributed by atoms with van der Waals surface area (Å²) in [6.07, 6.45) is 0.838. The number of para-hydroxylation sites is 1. The zero-order valence-electron chi connectivity index (χ0n) is 17.0. The SMILES string of the molecule is CCc1ccccc1NC(=O)CNC(=O)CNC(=O)c1ccc(OC(C)C)cc1. The van der Waals surface area contributed by atoms with Crippen LogP contribution in [0.1, 0.15) is 36.7 Å². The molecule has 0 atom stereocenters. The number of hydrogen-bond acceptors (Lipinski definition) is 4. The summed E-state index contributed by atoms with van der Waals surface area (Å²) in [4.78, 5) is 36.1.